The van der Waals surface area contributed by atoms with Crippen LogP contribution in [0.3, 0.4) is 0 Å². The van der Waals surface area contributed by atoms with E-state index in [2.05, 4.69) is 36.5 Å². The van der Waals surface area contributed by atoms with Crippen LogP contribution in [0.1, 0.15) is 31.4 Å². The Morgan fingerprint density at radius 2 is 2.00 bits per heavy atom. The van der Waals surface area contributed by atoms with Crippen LogP contribution in [0.15, 0.2) is 24.3 Å². The number of piperidine rings is 1. The summed E-state index contributed by atoms with van der Waals surface area (Å²) in [6, 6.07) is 9.01. The third-order valence-corrected chi connectivity index (χ3v) is 4.25. The van der Waals surface area contributed by atoms with E-state index in [0.29, 0.717) is 18.6 Å². The van der Waals surface area contributed by atoms with Crippen molar-refractivity contribution in [2.75, 3.05) is 20.2 Å². The Morgan fingerprint density at radius 3 is 2.57 bits per heavy atom. The molecule has 1 aromatic rings. The van der Waals surface area contributed by atoms with Gasteiger partial charge in [-0.25, -0.2) is 0 Å². The van der Waals surface area contributed by atoms with Gasteiger partial charge in [-0.3, -0.25) is 4.79 Å². The van der Waals surface area contributed by atoms with E-state index in [0.717, 1.165) is 26.1 Å². The standard InChI is InChI=1S/C17H26N2O2/c1-13-11-19(14(2)20)9-8-17(13)18-10-15-4-6-16(7-5-15)12-21-3/h4-7,13,17-18H,8-12H2,1-3H3. The first-order valence-electron chi connectivity index (χ1n) is 7.65. The van der Waals surface area contributed by atoms with Gasteiger partial charge in [0.25, 0.3) is 0 Å². The van der Waals surface area contributed by atoms with E-state index in [-0.39, 0.29) is 5.91 Å². The second kappa shape index (κ2) is 7.57. The van der Waals surface area contributed by atoms with Crippen molar-refractivity contribution in [1.82, 2.24) is 10.2 Å². The number of hydrogen-bond donors (Lipinski definition) is 1. The molecule has 0 radical (unpaired) electrons. The van der Waals surface area contributed by atoms with Gasteiger partial charge in [-0.1, -0.05) is 31.2 Å². The van der Waals surface area contributed by atoms with Gasteiger partial charge in [0.05, 0.1) is 6.61 Å². The lowest BCUT2D eigenvalue weighted by molar-refractivity contribution is -0.130. The van der Waals surface area contributed by atoms with Crippen LogP contribution in [0.2, 0.25) is 0 Å². The summed E-state index contributed by atoms with van der Waals surface area (Å²) in [5, 5.41) is 3.63. The van der Waals surface area contributed by atoms with Crippen molar-refractivity contribution in [1.29, 1.82) is 0 Å². The molecule has 1 aromatic carbocycles. The number of hydrogen-bond acceptors (Lipinski definition) is 3. The predicted octanol–water partition coefficient (Wildman–Crippen LogP) is 2.18. The zero-order chi connectivity index (χ0) is 15.2. The SMILES string of the molecule is COCc1ccc(CNC2CCN(C(C)=O)CC2C)cc1. The average Bonchev–Trinajstić information content (AvgIpc) is 2.47. The van der Waals surface area contributed by atoms with Gasteiger partial charge in [0.1, 0.15) is 0 Å². The lowest BCUT2D eigenvalue weighted by Gasteiger charge is -2.37. The molecule has 0 saturated carbocycles. The molecule has 2 unspecified atom stereocenters. The zero-order valence-corrected chi connectivity index (χ0v) is 13.3. The maximum Gasteiger partial charge on any atom is 0.219 e. The van der Waals surface area contributed by atoms with Gasteiger partial charge >= 0.3 is 0 Å². The normalized spacial score (nSPS) is 22.3. The second-order valence-electron chi connectivity index (χ2n) is 5.97. The summed E-state index contributed by atoms with van der Waals surface area (Å²) in [6.07, 6.45) is 1.03. The van der Waals surface area contributed by atoms with Gasteiger partial charge in [0.2, 0.25) is 5.91 Å². The summed E-state index contributed by atoms with van der Waals surface area (Å²) >= 11 is 0. The summed E-state index contributed by atoms with van der Waals surface area (Å²) in [4.78, 5) is 13.4. The molecule has 21 heavy (non-hydrogen) atoms. The average molecular weight is 290 g/mol. The topological polar surface area (TPSA) is 41.6 Å². The molecule has 2 rings (SSSR count). The van der Waals surface area contributed by atoms with E-state index < -0.39 is 0 Å². The number of rotatable bonds is 5. The highest BCUT2D eigenvalue weighted by Gasteiger charge is 2.26. The van der Waals surface area contributed by atoms with Crippen LogP contribution in [-0.4, -0.2) is 37.0 Å². The third-order valence-electron chi connectivity index (χ3n) is 4.25. The number of nitrogens with one attached hydrogen (secondary N) is 1. The molecule has 4 nitrogen and oxygen atoms in total. The number of nitrogens with zero attached hydrogens (tertiary/aromatic N) is 1. The highest BCUT2D eigenvalue weighted by molar-refractivity contribution is 5.73. The fourth-order valence-corrected chi connectivity index (χ4v) is 2.90. The van der Waals surface area contributed by atoms with E-state index in [1.165, 1.54) is 11.1 Å². The van der Waals surface area contributed by atoms with Crippen LogP contribution in [-0.2, 0) is 22.7 Å². The zero-order valence-electron chi connectivity index (χ0n) is 13.3. The smallest absolute Gasteiger partial charge is 0.219 e. The molecule has 0 aromatic heterocycles. The molecule has 1 aliphatic heterocycles. The minimum absolute atomic E-state index is 0.189. The first kappa shape index (κ1) is 16.0. The minimum atomic E-state index is 0.189. The van der Waals surface area contributed by atoms with Crippen LogP contribution in [0.5, 0.6) is 0 Å². The van der Waals surface area contributed by atoms with Crippen LogP contribution >= 0.6 is 0 Å². The molecule has 0 aliphatic carbocycles. The van der Waals surface area contributed by atoms with Gasteiger partial charge in [-0.05, 0) is 23.5 Å². The minimum Gasteiger partial charge on any atom is -0.380 e. The van der Waals surface area contributed by atoms with Crippen LogP contribution < -0.4 is 5.32 Å². The lowest BCUT2D eigenvalue weighted by atomic mass is 9.93. The van der Waals surface area contributed by atoms with E-state index >= 15 is 0 Å². The fraction of sp³-hybridized carbons (Fsp3) is 0.588. The Balaban J connectivity index is 1.81. The monoisotopic (exact) mass is 290 g/mol. The number of benzene rings is 1. The van der Waals surface area contributed by atoms with Gasteiger partial charge in [0.15, 0.2) is 0 Å². The third kappa shape index (κ3) is 4.55. The van der Waals surface area contributed by atoms with Gasteiger partial charge in [-0.2, -0.15) is 0 Å². The van der Waals surface area contributed by atoms with Crippen molar-refractivity contribution in [3.8, 4) is 0 Å². The van der Waals surface area contributed by atoms with Crippen LogP contribution in [0, 0.1) is 5.92 Å². The Hall–Kier alpha value is -1.39. The number of carbonyl (C=O) groups is 1. The van der Waals surface area contributed by atoms with Gasteiger partial charge in [-0.15, -0.1) is 0 Å². The van der Waals surface area contributed by atoms with Crippen molar-refractivity contribution < 1.29 is 9.53 Å². The Labute approximate surface area is 127 Å². The summed E-state index contributed by atoms with van der Waals surface area (Å²) in [5.74, 6) is 0.685. The first-order valence-corrected chi connectivity index (χ1v) is 7.65. The van der Waals surface area contributed by atoms with Crippen LogP contribution in [0.25, 0.3) is 0 Å². The second-order valence-corrected chi connectivity index (χ2v) is 5.97. The summed E-state index contributed by atoms with van der Waals surface area (Å²) in [6.45, 7) is 7.14. The van der Waals surface area contributed by atoms with Crippen molar-refractivity contribution in [2.45, 2.75) is 39.5 Å². The quantitative estimate of drug-likeness (QED) is 0.904. The highest BCUT2D eigenvalue weighted by Crippen LogP contribution is 2.17. The molecule has 4 heteroatoms. The predicted molar refractivity (Wildman–Crippen MR) is 83.8 cm³/mol. The lowest BCUT2D eigenvalue weighted by Crippen LogP contribution is -2.49. The number of amides is 1. The summed E-state index contributed by atoms with van der Waals surface area (Å²) < 4.78 is 5.12. The molecule has 1 amide bonds. The van der Waals surface area contributed by atoms with Crippen molar-refractivity contribution in [3.63, 3.8) is 0 Å². The van der Waals surface area contributed by atoms with Crippen LogP contribution in [0.4, 0.5) is 0 Å². The fourth-order valence-electron chi connectivity index (χ4n) is 2.90. The largest absolute Gasteiger partial charge is 0.380 e. The van der Waals surface area contributed by atoms with Gasteiger partial charge in [0, 0.05) is 39.7 Å². The Bertz CT molecular complexity index is 458. The molecule has 0 spiro atoms. The molecular formula is C17H26N2O2. The van der Waals surface area contributed by atoms with Crippen molar-refractivity contribution in [3.05, 3.63) is 35.4 Å². The highest BCUT2D eigenvalue weighted by atomic mass is 16.5. The van der Waals surface area contributed by atoms with Crippen molar-refractivity contribution >= 4 is 5.91 Å². The molecule has 2 atom stereocenters. The van der Waals surface area contributed by atoms with Crippen molar-refractivity contribution in [2.24, 2.45) is 5.92 Å². The van der Waals surface area contributed by atoms with E-state index in [1.807, 2.05) is 4.90 Å². The Kier molecular flexibility index (Phi) is 5.76. The maximum absolute atomic E-state index is 11.4. The molecule has 1 aliphatic rings. The van der Waals surface area contributed by atoms with E-state index in [1.54, 1.807) is 14.0 Å². The number of likely N-dealkylation sites (tertiary alicyclic amines) is 1. The summed E-state index contributed by atoms with van der Waals surface area (Å²) in [5.41, 5.74) is 2.49. The first-order chi connectivity index (χ1) is 10.1. The molecule has 1 fully saturated rings. The molecular weight excluding hydrogens is 264 g/mol. The maximum atomic E-state index is 11.4. The number of methoxy groups -OCH3 is 1. The molecule has 1 heterocycles. The van der Waals surface area contributed by atoms with E-state index in [4.69, 9.17) is 4.74 Å². The Morgan fingerprint density at radius 1 is 1.33 bits per heavy atom. The summed E-state index contributed by atoms with van der Waals surface area (Å²) in [7, 11) is 1.71. The molecule has 116 valence electrons. The molecule has 1 saturated heterocycles. The number of ether oxygens (including phenoxy) is 1. The molecule has 0 bridgehead atoms. The van der Waals surface area contributed by atoms with Gasteiger partial charge < -0.3 is 15.0 Å². The van der Waals surface area contributed by atoms with E-state index in [9.17, 15) is 4.79 Å². The number of carbonyl (C=O) groups excluding carboxylic acids is 1. The molecule has 1 N–H and O–H groups in total.